The maximum atomic E-state index is 13.1. The quantitative estimate of drug-likeness (QED) is 0.308. The van der Waals surface area contributed by atoms with Crippen LogP contribution in [-0.4, -0.2) is 87.7 Å². The van der Waals surface area contributed by atoms with Crippen LogP contribution in [-0.2, 0) is 10.2 Å². The summed E-state index contributed by atoms with van der Waals surface area (Å²) in [5.74, 6) is -0.350. The van der Waals surface area contributed by atoms with Gasteiger partial charge in [0.1, 0.15) is 0 Å². The molecule has 6 rings (SSSR count). The third-order valence-corrected chi connectivity index (χ3v) is 9.30. The van der Waals surface area contributed by atoms with E-state index in [1.54, 1.807) is 16.6 Å². The van der Waals surface area contributed by atoms with E-state index in [9.17, 15) is 14.7 Å². The monoisotopic (exact) mass is 601 g/mol. The molecule has 43 heavy (non-hydrogen) atoms. The number of nitrogens with one attached hydrogen (secondary N) is 1. The molecule has 2 aliphatic heterocycles. The molecule has 2 N–H and O–H groups in total. The minimum Gasteiger partial charge on any atom is -0.481 e. The number of amides is 1. The van der Waals surface area contributed by atoms with Gasteiger partial charge >= 0.3 is 5.97 Å². The molecule has 0 spiro atoms. The fourth-order valence-corrected chi connectivity index (χ4v) is 6.42. The second-order valence-corrected chi connectivity index (χ2v) is 12.1. The molecule has 10 nitrogen and oxygen atoms in total. The first-order chi connectivity index (χ1) is 20.7. The maximum Gasteiger partial charge on any atom is 0.314 e. The molecule has 2 saturated heterocycles. The minimum atomic E-state index is -0.956. The number of hydrogen-bond acceptors (Lipinski definition) is 7. The third-order valence-electron chi connectivity index (χ3n) is 9.05. The van der Waals surface area contributed by atoms with Crippen LogP contribution in [0.25, 0.3) is 5.65 Å². The Kier molecular flexibility index (Phi) is 7.98. The minimum absolute atomic E-state index is 0.0288. The smallest absolute Gasteiger partial charge is 0.314 e. The van der Waals surface area contributed by atoms with Gasteiger partial charge in [-0.15, -0.1) is 5.10 Å². The van der Waals surface area contributed by atoms with Crippen LogP contribution in [0.4, 0.5) is 17.3 Å². The highest BCUT2D eigenvalue weighted by atomic mass is 35.5. The van der Waals surface area contributed by atoms with Crippen molar-refractivity contribution in [1.82, 2.24) is 24.4 Å². The summed E-state index contributed by atoms with van der Waals surface area (Å²) < 4.78 is 1.73. The van der Waals surface area contributed by atoms with Gasteiger partial charge in [0.2, 0.25) is 5.95 Å². The Hall–Kier alpha value is -4.15. The summed E-state index contributed by atoms with van der Waals surface area (Å²) >= 11 is 6.06. The molecular formula is C32H36ClN7O3. The molecule has 0 radical (unpaired) electrons. The number of anilines is 3. The van der Waals surface area contributed by atoms with E-state index in [4.69, 9.17) is 16.6 Å². The van der Waals surface area contributed by atoms with Gasteiger partial charge in [-0.3, -0.25) is 9.59 Å². The Bertz CT molecular complexity index is 1610. The Balaban J connectivity index is 1.14. The molecule has 4 aromatic rings. The number of aromatic nitrogens is 3. The molecule has 2 fully saturated rings. The Morgan fingerprint density at radius 1 is 1.00 bits per heavy atom. The predicted molar refractivity (Wildman–Crippen MR) is 168 cm³/mol. The number of rotatable bonds is 7. The third kappa shape index (κ3) is 5.77. The number of aliphatic carboxylic acids is 1. The largest absolute Gasteiger partial charge is 0.481 e. The summed E-state index contributed by atoms with van der Waals surface area (Å²) in [7, 11) is 4.01. The zero-order valence-corrected chi connectivity index (χ0v) is 25.2. The van der Waals surface area contributed by atoms with Gasteiger partial charge < -0.3 is 25.1 Å². The summed E-state index contributed by atoms with van der Waals surface area (Å²) in [6.07, 6.45) is 4.74. The molecule has 2 aromatic carbocycles. The van der Waals surface area contributed by atoms with Gasteiger partial charge in [-0.1, -0.05) is 23.7 Å². The number of benzene rings is 2. The predicted octanol–water partition coefficient (Wildman–Crippen LogP) is 4.92. The number of piperidine rings is 2. The van der Waals surface area contributed by atoms with E-state index in [2.05, 4.69) is 27.3 Å². The van der Waals surface area contributed by atoms with Crippen LogP contribution in [0.5, 0.6) is 0 Å². The van der Waals surface area contributed by atoms with Crippen molar-refractivity contribution in [3.05, 3.63) is 83.0 Å². The number of carbonyl (C=O) groups excluding carboxylic acids is 1. The summed E-state index contributed by atoms with van der Waals surface area (Å²) in [6.45, 7) is 3.13. The highest BCUT2D eigenvalue weighted by molar-refractivity contribution is 6.30. The molecule has 0 atom stereocenters. The number of halogens is 1. The van der Waals surface area contributed by atoms with E-state index in [0.717, 1.165) is 42.9 Å². The van der Waals surface area contributed by atoms with Gasteiger partial charge in [0.05, 0.1) is 11.1 Å². The van der Waals surface area contributed by atoms with Crippen molar-refractivity contribution in [2.75, 3.05) is 50.5 Å². The standard InChI is InChI=1S/C32H36ClN7O3/c1-37-18-13-26(14-19-37)38(2)29(41)22-5-11-25(12-6-22)34-31-35-28-27(4-3-17-40(28)36-31)39-20-15-32(16-21-39,30(42)43)23-7-9-24(33)10-8-23/h3-12,17,26H,13-16,18-21H2,1-2H3,(H,34,36)(H,42,43). The van der Waals surface area contributed by atoms with Crippen molar-refractivity contribution >= 4 is 46.4 Å². The highest BCUT2D eigenvalue weighted by Gasteiger charge is 2.43. The van der Waals surface area contributed by atoms with Crippen molar-refractivity contribution in [1.29, 1.82) is 0 Å². The number of likely N-dealkylation sites (tertiary alicyclic amines) is 1. The summed E-state index contributed by atoms with van der Waals surface area (Å²) in [6, 6.07) is 18.7. The highest BCUT2D eigenvalue weighted by Crippen LogP contribution is 2.38. The molecule has 0 saturated carbocycles. The van der Waals surface area contributed by atoms with Crippen LogP contribution >= 0.6 is 11.6 Å². The zero-order chi connectivity index (χ0) is 30.1. The number of fused-ring (bicyclic) bond motifs is 1. The molecular weight excluding hydrogens is 566 g/mol. The summed E-state index contributed by atoms with van der Waals surface area (Å²) in [5.41, 5.74) is 2.84. The van der Waals surface area contributed by atoms with Crippen LogP contribution in [0.1, 0.15) is 41.6 Å². The average molecular weight is 602 g/mol. The van der Waals surface area contributed by atoms with Gasteiger partial charge in [-0.25, -0.2) is 4.52 Å². The molecule has 1 amide bonds. The second kappa shape index (κ2) is 11.9. The molecule has 2 aliphatic rings. The van der Waals surface area contributed by atoms with Gasteiger partial charge in [-0.05, 0) is 99.9 Å². The molecule has 2 aromatic heterocycles. The number of hydrogen-bond donors (Lipinski definition) is 2. The lowest BCUT2D eigenvalue weighted by atomic mass is 9.73. The first-order valence-corrected chi connectivity index (χ1v) is 15.0. The SMILES string of the molecule is CN1CCC(N(C)C(=O)c2ccc(Nc3nc4c(N5CCC(C(=O)O)(c6ccc(Cl)cc6)CC5)cccn4n3)cc2)CC1. The normalized spacial score (nSPS) is 17.6. The second-order valence-electron chi connectivity index (χ2n) is 11.6. The topological polar surface area (TPSA) is 106 Å². The van der Waals surface area contributed by atoms with Crippen LogP contribution in [0.15, 0.2) is 66.9 Å². The number of carboxylic acid groups (broad SMARTS) is 1. The van der Waals surface area contributed by atoms with Gasteiger partial charge in [0.25, 0.3) is 5.91 Å². The van der Waals surface area contributed by atoms with E-state index in [1.807, 2.05) is 66.7 Å². The zero-order valence-electron chi connectivity index (χ0n) is 24.4. The van der Waals surface area contributed by atoms with Gasteiger partial charge in [0.15, 0.2) is 5.65 Å². The van der Waals surface area contributed by atoms with E-state index in [-0.39, 0.29) is 11.9 Å². The molecule has 0 aliphatic carbocycles. The van der Waals surface area contributed by atoms with Crippen LogP contribution in [0.3, 0.4) is 0 Å². The first kappa shape index (κ1) is 28.9. The number of carboxylic acids is 1. The fourth-order valence-electron chi connectivity index (χ4n) is 6.29. The molecule has 0 bridgehead atoms. The van der Waals surface area contributed by atoms with E-state index < -0.39 is 11.4 Å². The lowest BCUT2D eigenvalue weighted by Gasteiger charge is -2.40. The lowest BCUT2D eigenvalue weighted by molar-refractivity contribution is -0.144. The Morgan fingerprint density at radius 3 is 2.33 bits per heavy atom. The van der Waals surface area contributed by atoms with Crippen LogP contribution in [0.2, 0.25) is 5.02 Å². The average Bonchev–Trinajstić information content (AvgIpc) is 3.44. The van der Waals surface area contributed by atoms with E-state index in [0.29, 0.717) is 48.1 Å². The van der Waals surface area contributed by atoms with Crippen LogP contribution in [0, 0.1) is 0 Å². The lowest BCUT2D eigenvalue weighted by Crippen LogP contribution is -2.47. The molecule has 0 unspecified atom stereocenters. The van der Waals surface area contributed by atoms with Crippen molar-refractivity contribution < 1.29 is 14.7 Å². The van der Waals surface area contributed by atoms with Crippen molar-refractivity contribution in [3.63, 3.8) is 0 Å². The van der Waals surface area contributed by atoms with E-state index in [1.165, 1.54) is 0 Å². The Morgan fingerprint density at radius 2 is 1.67 bits per heavy atom. The number of carbonyl (C=O) groups is 2. The maximum absolute atomic E-state index is 13.1. The van der Waals surface area contributed by atoms with Crippen LogP contribution < -0.4 is 10.2 Å². The van der Waals surface area contributed by atoms with Gasteiger partial charge in [-0.2, -0.15) is 4.98 Å². The molecule has 224 valence electrons. The summed E-state index contributed by atoms with van der Waals surface area (Å²) in [5, 5.41) is 18.7. The van der Waals surface area contributed by atoms with E-state index >= 15 is 0 Å². The summed E-state index contributed by atoms with van der Waals surface area (Å²) in [4.78, 5) is 36.7. The number of nitrogens with zero attached hydrogens (tertiary/aromatic N) is 6. The van der Waals surface area contributed by atoms with Crippen molar-refractivity contribution in [2.24, 2.45) is 0 Å². The number of pyridine rings is 1. The Labute approximate surface area is 255 Å². The van der Waals surface area contributed by atoms with Crippen molar-refractivity contribution in [3.8, 4) is 0 Å². The van der Waals surface area contributed by atoms with Gasteiger partial charge in [0, 0.05) is 48.6 Å². The van der Waals surface area contributed by atoms with Crippen molar-refractivity contribution in [2.45, 2.75) is 37.1 Å². The molecule has 11 heteroatoms. The first-order valence-electron chi connectivity index (χ1n) is 14.7. The molecule has 4 heterocycles. The fraction of sp³-hybridized carbons (Fsp3) is 0.375.